The number of carbonyl (C=O) groups is 1. The number of hydrogen-bond acceptors (Lipinski definition) is 5. The predicted octanol–water partition coefficient (Wildman–Crippen LogP) is 3.39. The van der Waals surface area contributed by atoms with Crippen LogP contribution in [0.2, 0.25) is 0 Å². The van der Waals surface area contributed by atoms with E-state index in [-0.39, 0.29) is 18.6 Å². The molecule has 0 spiro atoms. The topological polar surface area (TPSA) is 60.0 Å². The van der Waals surface area contributed by atoms with Gasteiger partial charge in [-0.3, -0.25) is 9.69 Å². The van der Waals surface area contributed by atoms with E-state index in [1.54, 1.807) is 13.2 Å². The van der Waals surface area contributed by atoms with Gasteiger partial charge < -0.3 is 19.5 Å². The van der Waals surface area contributed by atoms with Crippen molar-refractivity contribution in [2.24, 2.45) is 0 Å². The van der Waals surface area contributed by atoms with Gasteiger partial charge in [-0.1, -0.05) is 50.2 Å². The molecule has 3 rings (SSSR count). The van der Waals surface area contributed by atoms with Gasteiger partial charge in [0.15, 0.2) is 18.1 Å². The highest BCUT2D eigenvalue weighted by molar-refractivity contribution is 5.77. The van der Waals surface area contributed by atoms with Gasteiger partial charge in [-0.05, 0) is 29.2 Å². The Hall–Kier alpha value is -2.57. The molecule has 0 aromatic heterocycles. The number of nitrogens with one attached hydrogen (secondary N) is 1. The molecule has 1 aliphatic heterocycles. The molecule has 0 saturated carbocycles. The van der Waals surface area contributed by atoms with E-state index in [4.69, 9.17) is 14.2 Å². The number of morpholine rings is 1. The number of carbonyl (C=O) groups excluding carboxylic acids is 1. The van der Waals surface area contributed by atoms with E-state index in [9.17, 15) is 4.79 Å². The van der Waals surface area contributed by atoms with E-state index in [2.05, 4.69) is 48.3 Å². The maximum atomic E-state index is 12.5. The third-order valence-electron chi connectivity index (χ3n) is 5.39. The van der Waals surface area contributed by atoms with Crippen LogP contribution in [0.5, 0.6) is 11.5 Å². The van der Waals surface area contributed by atoms with Crippen molar-refractivity contribution >= 4 is 5.91 Å². The molecule has 1 saturated heterocycles. The highest BCUT2D eigenvalue weighted by atomic mass is 16.5. The van der Waals surface area contributed by atoms with Gasteiger partial charge in [0.2, 0.25) is 0 Å². The summed E-state index contributed by atoms with van der Waals surface area (Å²) in [5, 5.41) is 3.04. The van der Waals surface area contributed by atoms with Crippen LogP contribution < -0.4 is 14.8 Å². The first kappa shape index (κ1) is 22.1. The summed E-state index contributed by atoms with van der Waals surface area (Å²) in [6.45, 7) is 7.98. The number of nitrogens with zero attached hydrogens (tertiary/aromatic N) is 1. The fraction of sp³-hybridized carbons (Fsp3) is 0.458. The van der Waals surface area contributed by atoms with Crippen molar-refractivity contribution < 1.29 is 19.0 Å². The van der Waals surface area contributed by atoms with Gasteiger partial charge in [0.25, 0.3) is 5.91 Å². The molecule has 1 N–H and O–H groups in total. The average molecular weight is 413 g/mol. The summed E-state index contributed by atoms with van der Waals surface area (Å²) in [7, 11) is 1.58. The second kappa shape index (κ2) is 11.0. The van der Waals surface area contributed by atoms with Crippen LogP contribution in [0.1, 0.15) is 36.9 Å². The Labute approximate surface area is 179 Å². The summed E-state index contributed by atoms with van der Waals surface area (Å²) in [5.41, 5.74) is 2.51. The van der Waals surface area contributed by atoms with Gasteiger partial charge in [0, 0.05) is 19.6 Å². The van der Waals surface area contributed by atoms with Crippen molar-refractivity contribution in [3.8, 4) is 11.5 Å². The Morgan fingerprint density at radius 2 is 1.67 bits per heavy atom. The molecule has 2 aromatic carbocycles. The van der Waals surface area contributed by atoms with E-state index < -0.39 is 0 Å². The lowest BCUT2D eigenvalue weighted by atomic mass is 9.98. The molecule has 162 valence electrons. The van der Waals surface area contributed by atoms with Gasteiger partial charge in [0.1, 0.15) is 0 Å². The number of benzene rings is 2. The van der Waals surface area contributed by atoms with Crippen LogP contribution in [0, 0.1) is 0 Å². The van der Waals surface area contributed by atoms with Gasteiger partial charge >= 0.3 is 0 Å². The summed E-state index contributed by atoms with van der Waals surface area (Å²) >= 11 is 0. The third-order valence-corrected chi connectivity index (χ3v) is 5.39. The monoisotopic (exact) mass is 412 g/mol. The van der Waals surface area contributed by atoms with E-state index >= 15 is 0 Å². The minimum atomic E-state index is -0.155. The third kappa shape index (κ3) is 5.97. The first-order valence-corrected chi connectivity index (χ1v) is 10.5. The Morgan fingerprint density at radius 3 is 2.30 bits per heavy atom. The van der Waals surface area contributed by atoms with Crippen molar-refractivity contribution in [3.05, 3.63) is 59.7 Å². The van der Waals surface area contributed by atoms with Crippen LogP contribution in [0.15, 0.2) is 48.5 Å². The lowest BCUT2D eigenvalue weighted by Gasteiger charge is -2.35. The highest BCUT2D eigenvalue weighted by Gasteiger charge is 2.23. The van der Waals surface area contributed by atoms with Crippen molar-refractivity contribution in [3.63, 3.8) is 0 Å². The maximum absolute atomic E-state index is 12.5. The summed E-state index contributed by atoms with van der Waals surface area (Å²) in [6, 6.07) is 16.1. The number of amides is 1. The zero-order chi connectivity index (χ0) is 21.3. The van der Waals surface area contributed by atoms with Crippen molar-refractivity contribution in [2.45, 2.75) is 25.8 Å². The first-order chi connectivity index (χ1) is 14.6. The SMILES string of the molecule is COc1ccccc1OCC(=O)NC[C@@H](c1ccc(C(C)C)cc1)N1CCOCC1. The van der Waals surface area contributed by atoms with Crippen LogP contribution in [0.3, 0.4) is 0 Å². The zero-order valence-corrected chi connectivity index (χ0v) is 18.1. The molecule has 0 aliphatic carbocycles. The lowest BCUT2D eigenvalue weighted by Crippen LogP contribution is -2.44. The minimum absolute atomic E-state index is 0.0531. The van der Waals surface area contributed by atoms with Gasteiger partial charge in [-0.25, -0.2) is 0 Å². The molecule has 6 nitrogen and oxygen atoms in total. The van der Waals surface area contributed by atoms with Crippen LogP contribution in [0.4, 0.5) is 0 Å². The summed E-state index contributed by atoms with van der Waals surface area (Å²) in [4.78, 5) is 14.8. The van der Waals surface area contributed by atoms with Gasteiger partial charge in [-0.2, -0.15) is 0 Å². The predicted molar refractivity (Wildman–Crippen MR) is 117 cm³/mol. The fourth-order valence-corrected chi connectivity index (χ4v) is 3.59. The Morgan fingerprint density at radius 1 is 1.03 bits per heavy atom. The first-order valence-electron chi connectivity index (χ1n) is 10.5. The largest absolute Gasteiger partial charge is 0.493 e. The van der Waals surface area contributed by atoms with Gasteiger partial charge in [0.05, 0.1) is 26.4 Å². The zero-order valence-electron chi connectivity index (χ0n) is 18.1. The molecule has 0 bridgehead atoms. The van der Waals surface area contributed by atoms with Crippen LogP contribution in [0.25, 0.3) is 0 Å². The number of hydrogen-bond donors (Lipinski definition) is 1. The molecular weight excluding hydrogens is 380 g/mol. The lowest BCUT2D eigenvalue weighted by molar-refractivity contribution is -0.123. The number of rotatable bonds is 9. The Balaban J connectivity index is 1.62. The molecular formula is C24H32N2O4. The van der Waals surface area contributed by atoms with Crippen LogP contribution in [-0.4, -0.2) is 57.4 Å². The second-order valence-corrected chi connectivity index (χ2v) is 7.73. The summed E-state index contributed by atoms with van der Waals surface area (Å²) in [5.74, 6) is 1.51. The number of ether oxygens (including phenoxy) is 3. The molecule has 30 heavy (non-hydrogen) atoms. The molecule has 1 aliphatic rings. The number of para-hydroxylation sites is 2. The molecule has 1 atom stereocenters. The molecule has 6 heteroatoms. The molecule has 0 radical (unpaired) electrons. The minimum Gasteiger partial charge on any atom is -0.493 e. The van der Waals surface area contributed by atoms with Crippen molar-refractivity contribution in [1.82, 2.24) is 10.2 Å². The Kier molecular flexibility index (Phi) is 8.11. The van der Waals surface area contributed by atoms with Crippen LogP contribution >= 0.6 is 0 Å². The summed E-state index contributed by atoms with van der Waals surface area (Å²) < 4.78 is 16.4. The number of methoxy groups -OCH3 is 1. The molecule has 0 unspecified atom stereocenters. The molecule has 1 fully saturated rings. The molecule has 2 aromatic rings. The highest BCUT2D eigenvalue weighted by Crippen LogP contribution is 2.26. The molecule has 1 amide bonds. The smallest absolute Gasteiger partial charge is 0.258 e. The normalized spacial score (nSPS) is 15.6. The van der Waals surface area contributed by atoms with Crippen LogP contribution in [-0.2, 0) is 9.53 Å². The fourth-order valence-electron chi connectivity index (χ4n) is 3.59. The van der Waals surface area contributed by atoms with E-state index in [0.717, 1.165) is 13.1 Å². The summed E-state index contributed by atoms with van der Waals surface area (Å²) in [6.07, 6.45) is 0. The average Bonchev–Trinajstić information content (AvgIpc) is 2.79. The van der Waals surface area contributed by atoms with Crippen molar-refractivity contribution in [2.75, 3.05) is 46.6 Å². The standard InChI is InChI=1S/C24H32N2O4/c1-18(2)19-8-10-20(11-9-19)21(26-12-14-29-15-13-26)16-25-24(27)17-30-23-7-5-4-6-22(23)28-3/h4-11,18,21H,12-17H2,1-3H3,(H,25,27)/t21-/m0/s1. The molecule has 1 heterocycles. The van der Waals surface area contributed by atoms with E-state index in [1.165, 1.54) is 11.1 Å². The second-order valence-electron chi connectivity index (χ2n) is 7.73. The Bertz CT molecular complexity index is 801. The van der Waals surface area contributed by atoms with E-state index in [1.807, 2.05) is 18.2 Å². The van der Waals surface area contributed by atoms with Crippen molar-refractivity contribution in [1.29, 1.82) is 0 Å². The van der Waals surface area contributed by atoms with E-state index in [0.29, 0.717) is 37.2 Å². The maximum Gasteiger partial charge on any atom is 0.258 e. The van der Waals surface area contributed by atoms with Gasteiger partial charge in [-0.15, -0.1) is 0 Å². The quantitative estimate of drug-likeness (QED) is 0.684.